The van der Waals surface area contributed by atoms with E-state index in [2.05, 4.69) is 5.32 Å². The van der Waals surface area contributed by atoms with Gasteiger partial charge in [-0.15, -0.1) is 0 Å². The molecule has 0 aliphatic carbocycles. The Morgan fingerprint density at radius 2 is 2.32 bits per heavy atom. The minimum atomic E-state index is -0.407. The van der Waals surface area contributed by atoms with Crippen LogP contribution in [0.3, 0.4) is 0 Å². The maximum absolute atomic E-state index is 11.3. The predicted octanol–water partition coefficient (Wildman–Crippen LogP) is 2.58. The van der Waals surface area contributed by atoms with Crippen molar-refractivity contribution >= 4 is 11.4 Å². The van der Waals surface area contributed by atoms with Crippen molar-refractivity contribution in [3.63, 3.8) is 0 Å². The molecule has 104 valence electrons. The van der Waals surface area contributed by atoms with Crippen molar-refractivity contribution in [2.45, 2.75) is 32.4 Å². The Hall–Kier alpha value is -1.82. The summed E-state index contributed by atoms with van der Waals surface area (Å²) in [5.74, 6) is 0.295. The SMILES string of the molecule is CC(C)Oc1cccc(NC2CCOC2)c1[N+](=O)[O-]. The average molecular weight is 266 g/mol. The van der Waals surface area contributed by atoms with Gasteiger partial charge in [0.1, 0.15) is 5.69 Å². The van der Waals surface area contributed by atoms with Gasteiger partial charge in [0, 0.05) is 6.61 Å². The molecule has 6 heteroatoms. The Morgan fingerprint density at radius 3 is 2.89 bits per heavy atom. The Balaban J connectivity index is 2.27. The maximum atomic E-state index is 11.3. The van der Waals surface area contributed by atoms with Crippen LogP contribution >= 0.6 is 0 Å². The Bertz CT molecular complexity index is 456. The third-order valence-corrected chi connectivity index (χ3v) is 2.83. The van der Waals surface area contributed by atoms with Crippen LogP contribution in [-0.2, 0) is 4.74 Å². The van der Waals surface area contributed by atoms with E-state index in [9.17, 15) is 10.1 Å². The van der Waals surface area contributed by atoms with Crippen molar-refractivity contribution < 1.29 is 14.4 Å². The molecule has 0 spiro atoms. The van der Waals surface area contributed by atoms with Crippen molar-refractivity contribution in [2.75, 3.05) is 18.5 Å². The normalized spacial score (nSPS) is 18.6. The molecule has 1 aromatic rings. The monoisotopic (exact) mass is 266 g/mol. The van der Waals surface area contributed by atoms with Crippen LogP contribution in [0.5, 0.6) is 5.75 Å². The van der Waals surface area contributed by atoms with Gasteiger partial charge in [0.15, 0.2) is 5.75 Å². The number of hydrogen-bond acceptors (Lipinski definition) is 5. The number of ether oxygens (including phenoxy) is 2. The summed E-state index contributed by atoms with van der Waals surface area (Å²) in [6.07, 6.45) is 0.746. The molecule has 1 aliphatic heterocycles. The van der Waals surface area contributed by atoms with E-state index in [1.165, 1.54) is 0 Å². The Morgan fingerprint density at radius 1 is 1.53 bits per heavy atom. The molecule has 1 unspecified atom stereocenters. The number of hydrogen-bond donors (Lipinski definition) is 1. The van der Waals surface area contributed by atoms with Crippen molar-refractivity contribution in [3.05, 3.63) is 28.3 Å². The Kier molecular flexibility index (Phi) is 4.21. The lowest BCUT2D eigenvalue weighted by atomic mass is 10.2. The van der Waals surface area contributed by atoms with E-state index in [0.29, 0.717) is 24.7 Å². The highest BCUT2D eigenvalue weighted by atomic mass is 16.6. The van der Waals surface area contributed by atoms with Crippen LogP contribution < -0.4 is 10.1 Å². The highest BCUT2D eigenvalue weighted by Crippen LogP contribution is 2.36. The van der Waals surface area contributed by atoms with E-state index < -0.39 is 4.92 Å². The fourth-order valence-electron chi connectivity index (χ4n) is 2.04. The van der Waals surface area contributed by atoms with Gasteiger partial charge in [-0.2, -0.15) is 0 Å². The van der Waals surface area contributed by atoms with Gasteiger partial charge in [-0.3, -0.25) is 10.1 Å². The first kappa shape index (κ1) is 13.6. The lowest BCUT2D eigenvalue weighted by Gasteiger charge is -2.15. The summed E-state index contributed by atoms with van der Waals surface area (Å²) in [7, 11) is 0. The third kappa shape index (κ3) is 3.35. The lowest BCUT2D eigenvalue weighted by Crippen LogP contribution is -2.20. The third-order valence-electron chi connectivity index (χ3n) is 2.83. The molecular formula is C13H18N2O4. The van der Waals surface area contributed by atoms with Crippen LogP contribution in [0.2, 0.25) is 0 Å². The van der Waals surface area contributed by atoms with Crippen molar-refractivity contribution in [1.29, 1.82) is 0 Å². The fraction of sp³-hybridized carbons (Fsp3) is 0.538. The molecule has 1 saturated heterocycles. The van der Waals surface area contributed by atoms with Gasteiger partial charge in [-0.05, 0) is 32.4 Å². The number of benzene rings is 1. The molecule has 1 aliphatic rings. The number of nitrogens with one attached hydrogen (secondary N) is 1. The molecule has 1 fully saturated rings. The second-order valence-electron chi connectivity index (χ2n) is 4.78. The van der Waals surface area contributed by atoms with Crippen molar-refractivity contribution in [2.24, 2.45) is 0 Å². The van der Waals surface area contributed by atoms with E-state index in [1.54, 1.807) is 18.2 Å². The summed E-state index contributed by atoms with van der Waals surface area (Å²) in [5, 5.41) is 14.4. The second-order valence-corrected chi connectivity index (χ2v) is 4.78. The van der Waals surface area contributed by atoms with Crippen LogP contribution in [0.25, 0.3) is 0 Å². The molecule has 0 amide bonds. The molecule has 1 aromatic carbocycles. The second kappa shape index (κ2) is 5.88. The molecule has 2 rings (SSSR count). The number of para-hydroxylation sites is 1. The van der Waals surface area contributed by atoms with Crippen LogP contribution in [0.4, 0.5) is 11.4 Å². The molecule has 1 heterocycles. The van der Waals surface area contributed by atoms with Crippen LogP contribution in [0, 0.1) is 10.1 Å². The predicted molar refractivity (Wildman–Crippen MR) is 71.7 cm³/mol. The van der Waals surface area contributed by atoms with E-state index >= 15 is 0 Å². The zero-order valence-corrected chi connectivity index (χ0v) is 11.1. The minimum Gasteiger partial charge on any atom is -0.484 e. The summed E-state index contributed by atoms with van der Waals surface area (Å²) >= 11 is 0. The molecule has 0 bridgehead atoms. The first-order valence-corrected chi connectivity index (χ1v) is 6.36. The lowest BCUT2D eigenvalue weighted by molar-refractivity contribution is -0.385. The van der Waals surface area contributed by atoms with Gasteiger partial charge in [0.25, 0.3) is 0 Å². The maximum Gasteiger partial charge on any atom is 0.333 e. The smallest absolute Gasteiger partial charge is 0.333 e. The van der Waals surface area contributed by atoms with E-state index in [-0.39, 0.29) is 17.8 Å². The summed E-state index contributed by atoms with van der Waals surface area (Å²) in [5.41, 5.74) is 0.474. The Labute approximate surface area is 111 Å². The largest absolute Gasteiger partial charge is 0.484 e. The quantitative estimate of drug-likeness (QED) is 0.655. The van der Waals surface area contributed by atoms with Gasteiger partial charge in [0.2, 0.25) is 0 Å². The number of nitro benzene ring substituents is 1. The summed E-state index contributed by atoms with van der Waals surface area (Å²) < 4.78 is 10.8. The highest BCUT2D eigenvalue weighted by Gasteiger charge is 2.25. The van der Waals surface area contributed by atoms with E-state index in [4.69, 9.17) is 9.47 Å². The summed E-state index contributed by atoms with van der Waals surface area (Å²) in [6.45, 7) is 4.95. The number of nitro groups is 1. The zero-order chi connectivity index (χ0) is 13.8. The summed E-state index contributed by atoms with van der Waals surface area (Å²) in [6, 6.07) is 5.19. The molecule has 0 aromatic heterocycles. The van der Waals surface area contributed by atoms with E-state index in [0.717, 1.165) is 6.42 Å². The number of anilines is 1. The number of nitrogens with zero attached hydrogens (tertiary/aromatic N) is 1. The van der Waals surface area contributed by atoms with Gasteiger partial charge in [0.05, 0.1) is 23.7 Å². The molecule has 1 atom stereocenters. The van der Waals surface area contributed by atoms with Crippen LogP contribution in [-0.4, -0.2) is 30.3 Å². The van der Waals surface area contributed by atoms with Gasteiger partial charge >= 0.3 is 5.69 Å². The zero-order valence-electron chi connectivity index (χ0n) is 11.1. The van der Waals surface area contributed by atoms with E-state index in [1.807, 2.05) is 13.8 Å². The molecule has 19 heavy (non-hydrogen) atoms. The van der Waals surface area contributed by atoms with Gasteiger partial charge in [-0.1, -0.05) is 6.07 Å². The summed E-state index contributed by atoms with van der Waals surface area (Å²) in [4.78, 5) is 10.8. The fourth-order valence-corrected chi connectivity index (χ4v) is 2.04. The van der Waals surface area contributed by atoms with Crippen LogP contribution in [0.1, 0.15) is 20.3 Å². The standard InChI is InChI=1S/C13H18N2O4/c1-9(2)19-12-5-3-4-11(13(12)15(16)17)14-10-6-7-18-8-10/h3-5,9-10,14H,6-8H2,1-2H3. The van der Waals surface area contributed by atoms with Crippen molar-refractivity contribution in [3.8, 4) is 5.75 Å². The highest BCUT2D eigenvalue weighted by molar-refractivity contribution is 5.68. The molecular weight excluding hydrogens is 248 g/mol. The minimum absolute atomic E-state index is 0.0110. The molecule has 0 saturated carbocycles. The van der Waals surface area contributed by atoms with Crippen molar-refractivity contribution in [1.82, 2.24) is 0 Å². The molecule has 0 radical (unpaired) electrons. The van der Waals surface area contributed by atoms with Gasteiger partial charge in [-0.25, -0.2) is 0 Å². The number of rotatable bonds is 5. The average Bonchev–Trinajstić information content (AvgIpc) is 2.80. The first-order chi connectivity index (χ1) is 9.08. The topological polar surface area (TPSA) is 73.6 Å². The molecule has 6 nitrogen and oxygen atoms in total. The molecule has 1 N–H and O–H groups in total. The first-order valence-electron chi connectivity index (χ1n) is 6.36. The van der Waals surface area contributed by atoms with Crippen LogP contribution in [0.15, 0.2) is 18.2 Å². The van der Waals surface area contributed by atoms with Gasteiger partial charge < -0.3 is 14.8 Å².